The van der Waals surface area contributed by atoms with Gasteiger partial charge in [-0.1, -0.05) is 35.5 Å². The number of benzene rings is 2. The van der Waals surface area contributed by atoms with Crippen molar-refractivity contribution >= 4 is 40.6 Å². The van der Waals surface area contributed by atoms with E-state index in [9.17, 15) is 4.79 Å². The van der Waals surface area contributed by atoms with Gasteiger partial charge in [0, 0.05) is 14.8 Å². The second-order valence-corrected chi connectivity index (χ2v) is 7.55. The van der Waals surface area contributed by atoms with Crippen molar-refractivity contribution < 1.29 is 9.21 Å². The van der Waals surface area contributed by atoms with Crippen LogP contribution < -0.4 is 10.2 Å². The Hall–Kier alpha value is -2.21. The number of anilines is 2. The average Bonchev–Trinajstić information content (AvgIpc) is 3.19. The van der Waals surface area contributed by atoms with Crippen LogP contribution in [0.25, 0.3) is 0 Å². The summed E-state index contributed by atoms with van der Waals surface area (Å²) in [5.41, 5.74) is 1.70. The van der Waals surface area contributed by atoms with Gasteiger partial charge in [0.25, 0.3) is 0 Å². The van der Waals surface area contributed by atoms with Crippen molar-refractivity contribution in [3.63, 3.8) is 0 Å². The molecule has 0 spiro atoms. The molecule has 0 fully saturated rings. The van der Waals surface area contributed by atoms with Gasteiger partial charge in [0.05, 0.1) is 30.2 Å². The molecule has 0 radical (unpaired) electrons. The number of fused-ring (bicyclic) bond motifs is 2. The molecule has 1 atom stereocenters. The highest BCUT2D eigenvalue weighted by molar-refractivity contribution is 7.99. The number of rotatable bonds is 4. The summed E-state index contributed by atoms with van der Waals surface area (Å²) in [6, 6.07) is 17.2. The fourth-order valence-electron chi connectivity index (χ4n) is 2.95. The zero-order chi connectivity index (χ0) is 18.1. The number of para-hydroxylation sites is 1. The number of nitrogens with one attached hydrogen (secondary N) is 1. The van der Waals surface area contributed by atoms with E-state index in [4.69, 9.17) is 16.0 Å². The summed E-state index contributed by atoms with van der Waals surface area (Å²) in [6.07, 6.45) is 1.63. The summed E-state index contributed by atoms with van der Waals surface area (Å²) in [7, 11) is 0. The summed E-state index contributed by atoms with van der Waals surface area (Å²) in [4.78, 5) is 16.9. The molecule has 2 aromatic carbocycles. The molecule has 0 aliphatic carbocycles. The minimum atomic E-state index is -0.0535. The Morgan fingerprint density at radius 2 is 1.96 bits per heavy atom. The molecule has 26 heavy (non-hydrogen) atoms. The predicted octanol–water partition coefficient (Wildman–Crippen LogP) is 5.41. The number of furan rings is 1. The van der Waals surface area contributed by atoms with Crippen molar-refractivity contribution in [3.8, 4) is 0 Å². The maximum atomic E-state index is 13.1. The van der Waals surface area contributed by atoms with E-state index in [0.29, 0.717) is 5.02 Å². The number of halogens is 1. The van der Waals surface area contributed by atoms with E-state index in [0.717, 1.165) is 26.9 Å². The largest absolute Gasteiger partial charge is 0.468 e. The van der Waals surface area contributed by atoms with E-state index >= 15 is 0 Å². The minimum Gasteiger partial charge on any atom is -0.468 e. The van der Waals surface area contributed by atoms with Gasteiger partial charge in [0.15, 0.2) is 0 Å². The zero-order valence-electron chi connectivity index (χ0n) is 14.1. The lowest BCUT2D eigenvalue weighted by atomic mass is 10.2. The van der Waals surface area contributed by atoms with Crippen LogP contribution >= 0.6 is 23.4 Å². The highest BCUT2D eigenvalue weighted by Crippen LogP contribution is 2.48. The maximum absolute atomic E-state index is 13.1. The van der Waals surface area contributed by atoms with Crippen molar-refractivity contribution in [3.05, 3.63) is 71.6 Å². The fourth-order valence-corrected chi connectivity index (χ4v) is 4.16. The van der Waals surface area contributed by atoms with E-state index in [1.807, 2.05) is 61.5 Å². The summed E-state index contributed by atoms with van der Waals surface area (Å²) >= 11 is 7.84. The second-order valence-electron chi connectivity index (χ2n) is 6.03. The third kappa shape index (κ3) is 3.26. The third-order valence-electron chi connectivity index (χ3n) is 4.27. The van der Waals surface area contributed by atoms with Gasteiger partial charge < -0.3 is 4.42 Å². The predicted molar refractivity (Wildman–Crippen MR) is 104 cm³/mol. The first kappa shape index (κ1) is 17.2. The van der Waals surface area contributed by atoms with Gasteiger partial charge in [-0.25, -0.2) is 0 Å². The molecule has 132 valence electrons. The van der Waals surface area contributed by atoms with E-state index in [1.54, 1.807) is 22.9 Å². The van der Waals surface area contributed by atoms with Crippen molar-refractivity contribution in [1.29, 1.82) is 0 Å². The molecule has 1 amide bonds. The highest BCUT2D eigenvalue weighted by Gasteiger charge is 2.28. The lowest BCUT2D eigenvalue weighted by Crippen LogP contribution is -2.37. The Balaban J connectivity index is 1.62. The zero-order valence-corrected chi connectivity index (χ0v) is 15.7. The standard InChI is InChI=1S/C20H17ClN2O2S/c1-13(17-6-4-10-25-17)22-12-20(24)23-15-5-2-3-7-18(15)26-19-9-8-14(21)11-16(19)23/h2-11,13,22H,12H2,1H3/t13-/m0/s1. The quantitative estimate of drug-likeness (QED) is 0.653. The molecule has 3 aromatic rings. The fraction of sp³-hybridized carbons (Fsp3) is 0.150. The van der Waals surface area contributed by atoms with E-state index in [2.05, 4.69) is 5.32 Å². The monoisotopic (exact) mass is 384 g/mol. The number of hydrogen-bond acceptors (Lipinski definition) is 4. The van der Waals surface area contributed by atoms with E-state index in [-0.39, 0.29) is 18.5 Å². The van der Waals surface area contributed by atoms with Gasteiger partial charge in [0.2, 0.25) is 5.91 Å². The van der Waals surface area contributed by atoms with E-state index < -0.39 is 0 Å². The molecule has 4 nitrogen and oxygen atoms in total. The van der Waals surface area contributed by atoms with Crippen LogP contribution in [0, 0.1) is 0 Å². The van der Waals surface area contributed by atoms with Crippen molar-refractivity contribution in [2.24, 2.45) is 0 Å². The van der Waals surface area contributed by atoms with Crippen LogP contribution in [-0.4, -0.2) is 12.5 Å². The van der Waals surface area contributed by atoms with Gasteiger partial charge in [-0.2, -0.15) is 0 Å². The van der Waals surface area contributed by atoms with Crippen LogP contribution in [0.1, 0.15) is 18.7 Å². The van der Waals surface area contributed by atoms with Gasteiger partial charge >= 0.3 is 0 Å². The third-order valence-corrected chi connectivity index (χ3v) is 5.63. The Labute approximate surface area is 161 Å². The number of carbonyl (C=O) groups is 1. The lowest BCUT2D eigenvalue weighted by molar-refractivity contribution is -0.117. The van der Waals surface area contributed by atoms with Crippen LogP contribution in [0.5, 0.6) is 0 Å². The normalized spacial score (nSPS) is 13.8. The van der Waals surface area contributed by atoms with Crippen molar-refractivity contribution in [1.82, 2.24) is 5.32 Å². The molecule has 1 aromatic heterocycles. The highest BCUT2D eigenvalue weighted by atomic mass is 35.5. The van der Waals surface area contributed by atoms with Crippen molar-refractivity contribution in [2.45, 2.75) is 22.8 Å². The first-order valence-electron chi connectivity index (χ1n) is 8.29. The van der Waals surface area contributed by atoms with Crippen LogP contribution in [0.15, 0.2) is 75.1 Å². The number of hydrogen-bond donors (Lipinski definition) is 1. The SMILES string of the molecule is C[C@H](NCC(=O)N1c2ccccc2Sc2ccc(Cl)cc21)c1ccco1. The first-order valence-corrected chi connectivity index (χ1v) is 9.49. The van der Waals surface area contributed by atoms with Gasteiger partial charge in [-0.3, -0.25) is 15.0 Å². The van der Waals surface area contributed by atoms with Gasteiger partial charge in [-0.15, -0.1) is 0 Å². The molecule has 1 aliphatic rings. The number of carbonyl (C=O) groups excluding carboxylic acids is 1. The topological polar surface area (TPSA) is 45.5 Å². The van der Waals surface area contributed by atoms with E-state index in [1.165, 1.54) is 0 Å². The molecule has 6 heteroatoms. The lowest BCUT2D eigenvalue weighted by Gasteiger charge is -2.31. The average molecular weight is 385 g/mol. The molecule has 0 unspecified atom stereocenters. The molecule has 0 saturated carbocycles. The molecule has 0 saturated heterocycles. The summed E-state index contributed by atoms with van der Waals surface area (Å²) in [6.45, 7) is 2.16. The molecule has 0 bridgehead atoms. The smallest absolute Gasteiger partial charge is 0.245 e. The molecule has 1 N–H and O–H groups in total. The molecule has 2 heterocycles. The Morgan fingerprint density at radius 3 is 2.77 bits per heavy atom. The first-order chi connectivity index (χ1) is 12.6. The Bertz CT molecular complexity index is 943. The Kier molecular flexibility index (Phi) is 4.76. The van der Waals surface area contributed by atoms with Gasteiger partial charge in [0.1, 0.15) is 5.76 Å². The molecular formula is C20H17ClN2O2S. The van der Waals surface area contributed by atoms with Crippen LogP contribution in [0.4, 0.5) is 11.4 Å². The van der Waals surface area contributed by atoms with Gasteiger partial charge in [-0.05, 0) is 49.4 Å². The molecule has 4 rings (SSSR count). The number of nitrogens with zero attached hydrogens (tertiary/aromatic N) is 1. The summed E-state index contributed by atoms with van der Waals surface area (Å²) in [5.74, 6) is 0.760. The minimum absolute atomic E-state index is 0.0420. The molecule has 1 aliphatic heterocycles. The van der Waals surface area contributed by atoms with Crippen LogP contribution in [0.3, 0.4) is 0 Å². The molecular weight excluding hydrogens is 368 g/mol. The second kappa shape index (κ2) is 7.19. The Morgan fingerprint density at radius 1 is 1.15 bits per heavy atom. The summed E-state index contributed by atoms with van der Waals surface area (Å²) < 4.78 is 5.39. The maximum Gasteiger partial charge on any atom is 0.245 e. The van der Waals surface area contributed by atoms with Crippen LogP contribution in [0.2, 0.25) is 5.02 Å². The van der Waals surface area contributed by atoms with Crippen molar-refractivity contribution in [2.75, 3.05) is 11.4 Å². The summed E-state index contributed by atoms with van der Waals surface area (Å²) in [5, 5.41) is 3.84. The van der Waals surface area contributed by atoms with Crippen LogP contribution in [-0.2, 0) is 4.79 Å². The number of amides is 1.